The van der Waals surface area contributed by atoms with Gasteiger partial charge in [0, 0.05) is 15.9 Å². The fraction of sp³-hybridized carbons (Fsp3) is 0.947. The van der Waals surface area contributed by atoms with Crippen LogP contribution in [0.4, 0.5) is 0 Å². The lowest BCUT2D eigenvalue weighted by molar-refractivity contribution is -0.186. The number of cyclic esters (lactones) is 1. The van der Waals surface area contributed by atoms with E-state index in [1.54, 1.807) is 0 Å². The highest BCUT2D eigenvalue weighted by Crippen LogP contribution is 2.67. The molecule has 3 saturated carbocycles. The number of esters is 1. The Labute approximate surface area is 138 Å². The van der Waals surface area contributed by atoms with E-state index in [-0.39, 0.29) is 17.3 Å². The number of ether oxygens (including phenoxy) is 1. The quantitative estimate of drug-likeness (QED) is 0.696. The van der Waals surface area contributed by atoms with E-state index in [0.29, 0.717) is 37.2 Å². The molecule has 0 bridgehead atoms. The van der Waals surface area contributed by atoms with Crippen molar-refractivity contribution in [2.24, 2.45) is 34.5 Å². The topological polar surface area (TPSA) is 46.5 Å². The van der Waals surface area contributed by atoms with Gasteiger partial charge in [0.2, 0.25) is 0 Å². The monoisotopic (exact) mass is 309 g/mol. The second-order valence-corrected chi connectivity index (χ2v) is 8.88. The van der Waals surface area contributed by atoms with Crippen LogP contribution in [0, 0.1) is 34.5 Å². The first kappa shape index (κ1) is 11.9. The van der Waals surface area contributed by atoms with Crippen LogP contribution in [0.25, 0.3) is 0 Å². The Balaban J connectivity index is 1.66. The normalized spacial score (nSPS) is 60.1. The number of hydrogen-bond acceptors (Lipinski definition) is 3. The number of hydrogen-bond donors (Lipinski definition) is 1. The van der Waals surface area contributed by atoms with Gasteiger partial charge in [-0.2, -0.15) is 0 Å². The second kappa shape index (κ2) is 4.49. The molecule has 1 heterocycles. The number of fused-ring (bicyclic) bond motifs is 5. The largest absolute Gasteiger partial charge is 0.465 e. The van der Waals surface area contributed by atoms with E-state index in [1.807, 2.05) is 6.92 Å². The molecule has 0 radical (unpaired) electrons. The van der Waals surface area contributed by atoms with Crippen molar-refractivity contribution in [3.63, 3.8) is 0 Å². The van der Waals surface area contributed by atoms with Gasteiger partial charge in [-0.05, 0) is 74.5 Å². The minimum absolute atomic E-state index is 0.0127. The molecule has 7 atom stereocenters. The molecule has 1 saturated heterocycles. The molecule has 0 spiro atoms. The minimum Gasteiger partial charge on any atom is -0.465 e. The summed E-state index contributed by atoms with van der Waals surface area (Å²) >= 11 is 0. The van der Waals surface area contributed by atoms with Crippen LogP contribution in [0.15, 0.2) is 0 Å². The zero-order valence-corrected chi connectivity index (χ0v) is 13.7. The Morgan fingerprint density at radius 1 is 1.18 bits per heavy atom. The Hall–Kier alpha value is -0.570. The van der Waals surface area contributed by atoms with Gasteiger partial charge in [0.1, 0.15) is 0 Å². The van der Waals surface area contributed by atoms with Crippen molar-refractivity contribution in [1.29, 1.82) is 0 Å². The lowest BCUT2D eigenvalue weighted by Gasteiger charge is -2.60. The zero-order chi connectivity index (χ0) is 18.3. The molecule has 124 valence electrons. The average Bonchev–Trinajstić information content (AvgIpc) is 2.81. The van der Waals surface area contributed by atoms with Crippen molar-refractivity contribution < 1.29 is 18.8 Å². The van der Waals surface area contributed by atoms with E-state index in [1.165, 1.54) is 0 Å². The van der Waals surface area contributed by atoms with Crippen LogP contribution in [-0.4, -0.2) is 23.3 Å². The maximum atomic E-state index is 11.7. The van der Waals surface area contributed by atoms with Gasteiger partial charge in [0.15, 0.2) is 0 Å². The Morgan fingerprint density at radius 3 is 2.73 bits per heavy atom. The molecule has 1 aliphatic heterocycles. The number of rotatable bonds is 0. The summed E-state index contributed by atoms with van der Waals surface area (Å²) in [5.74, 6) is 1.48. The SMILES string of the molecule is [2H]C([2H])([2H])[C@]1(O)CCC2C3CC[C@H]4CC(=O)OC[C@]4(C)C3CC[C@@]21C. The summed E-state index contributed by atoms with van der Waals surface area (Å²) in [5.41, 5.74) is -2.08. The van der Waals surface area contributed by atoms with Crippen LogP contribution in [0.3, 0.4) is 0 Å². The number of carbonyl (C=O) groups is 1. The second-order valence-electron chi connectivity index (χ2n) is 8.88. The van der Waals surface area contributed by atoms with Gasteiger partial charge in [0.25, 0.3) is 0 Å². The molecule has 3 aliphatic carbocycles. The van der Waals surface area contributed by atoms with Crippen molar-refractivity contribution in [2.45, 2.75) is 71.2 Å². The first-order valence-corrected chi connectivity index (χ1v) is 8.91. The fourth-order valence-electron chi connectivity index (χ4n) is 6.61. The highest BCUT2D eigenvalue weighted by molar-refractivity contribution is 5.70. The highest BCUT2D eigenvalue weighted by Gasteiger charge is 2.63. The summed E-state index contributed by atoms with van der Waals surface area (Å²) < 4.78 is 29.3. The van der Waals surface area contributed by atoms with Crippen LogP contribution in [0.2, 0.25) is 0 Å². The Bertz CT molecular complexity index is 591. The van der Waals surface area contributed by atoms with Crippen LogP contribution < -0.4 is 0 Å². The molecule has 3 nitrogen and oxygen atoms in total. The minimum atomic E-state index is -2.33. The maximum Gasteiger partial charge on any atom is 0.306 e. The molecule has 0 aromatic carbocycles. The van der Waals surface area contributed by atoms with Gasteiger partial charge in [-0.25, -0.2) is 0 Å². The molecule has 4 aliphatic rings. The molecule has 0 aromatic heterocycles. The van der Waals surface area contributed by atoms with Crippen molar-refractivity contribution in [2.75, 3.05) is 6.61 Å². The number of carbonyl (C=O) groups excluding carboxylic acids is 1. The third-order valence-electron chi connectivity index (χ3n) is 8.17. The standard InChI is InChI=1S/C19H30O3/c1-17-11-22-16(20)10-12(17)4-5-13-14(17)6-8-18(2)15(13)7-9-19(18,3)21/h12-15,21H,4-11H2,1-3H3/t12-,13?,14?,15?,17-,18-,19-/m0/s1/i3D3. The van der Waals surface area contributed by atoms with E-state index in [4.69, 9.17) is 8.85 Å². The molecule has 3 unspecified atom stereocenters. The molecule has 1 N–H and O–H groups in total. The summed E-state index contributed by atoms with van der Waals surface area (Å²) in [6.45, 7) is 2.46. The van der Waals surface area contributed by atoms with Crippen molar-refractivity contribution in [3.05, 3.63) is 0 Å². The van der Waals surface area contributed by atoms with Gasteiger partial charge >= 0.3 is 5.97 Å². The van der Waals surface area contributed by atoms with Gasteiger partial charge in [-0.15, -0.1) is 0 Å². The summed E-state index contributed by atoms with van der Waals surface area (Å²) in [6.07, 6.45) is 5.46. The highest BCUT2D eigenvalue weighted by atomic mass is 16.5. The third-order valence-corrected chi connectivity index (χ3v) is 8.17. The van der Waals surface area contributed by atoms with Gasteiger partial charge in [0.05, 0.1) is 12.2 Å². The van der Waals surface area contributed by atoms with E-state index >= 15 is 0 Å². The van der Waals surface area contributed by atoms with Gasteiger partial charge in [-0.3, -0.25) is 4.79 Å². The lowest BCUT2D eigenvalue weighted by Crippen LogP contribution is -2.57. The summed E-state index contributed by atoms with van der Waals surface area (Å²) in [5, 5.41) is 11.2. The van der Waals surface area contributed by atoms with E-state index < -0.39 is 17.9 Å². The van der Waals surface area contributed by atoms with Crippen LogP contribution in [-0.2, 0) is 9.53 Å². The first-order valence-electron chi connectivity index (χ1n) is 10.4. The fourth-order valence-corrected chi connectivity index (χ4v) is 6.61. The predicted molar refractivity (Wildman–Crippen MR) is 84.1 cm³/mol. The molecule has 3 heteroatoms. The van der Waals surface area contributed by atoms with Gasteiger partial charge < -0.3 is 9.84 Å². The molecule has 0 aromatic rings. The Kier molecular flexibility index (Phi) is 2.43. The summed E-state index contributed by atoms with van der Waals surface area (Å²) in [4.78, 5) is 11.7. The molecule has 4 rings (SSSR count). The molecule has 0 amide bonds. The van der Waals surface area contributed by atoms with Crippen LogP contribution in [0.5, 0.6) is 0 Å². The number of aliphatic hydroxyl groups is 1. The molecular formula is C19H30O3. The van der Waals surface area contributed by atoms with E-state index in [9.17, 15) is 9.90 Å². The maximum absolute atomic E-state index is 11.7. The molecule has 4 fully saturated rings. The molecule has 22 heavy (non-hydrogen) atoms. The van der Waals surface area contributed by atoms with Crippen molar-refractivity contribution in [3.8, 4) is 0 Å². The summed E-state index contributed by atoms with van der Waals surface area (Å²) in [6, 6.07) is 0. The van der Waals surface area contributed by atoms with E-state index in [0.717, 1.165) is 32.1 Å². The zero-order valence-electron chi connectivity index (χ0n) is 16.7. The average molecular weight is 309 g/mol. The lowest BCUT2D eigenvalue weighted by atomic mass is 9.46. The van der Waals surface area contributed by atoms with Crippen LogP contribution in [0.1, 0.15) is 69.8 Å². The smallest absolute Gasteiger partial charge is 0.306 e. The van der Waals surface area contributed by atoms with Gasteiger partial charge in [-0.1, -0.05) is 13.8 Å². The van der Waals surface area contributed by atoms with E-state index in [2.05, 4.69) is 6.92 Å². The van der Waals surface area contributed by atoms with Crippen molar-refractivity contribution >= 4 is 5.97 Å². The molecular weight excluding hydrogens is 276 g/mol. The Morgan fingerprint density at radius 2 is 1.95 bits per heavy atom. The first-order chi connectivity index (χ1) is 11.5. The summed E-state index contributed by atoms with van der Waals surface area (Å²) in [7, 11) is 0. The predicted octanol–water partition coefficient (Wildman–Crippen LogP) is 3.54. The van der Waals surface area contributed by atoms with Crippen molar-refractivity contribution in [1.82, 2.24) is 0 Å². The van der Waals surface area contributed by atoms with Crippen LogP contribution >= 0.6 is 0 Å². The third kappa shape index (κ3) is 1.75.